The third kappa shape index (κ3) is 4.68. The van der Waals surface area contributed by atoms with Crippen molar-refractivity contribution in [1.82, 2.24) is 0 Å². The van der Waals surface area contributed by atoms with Crippen LogP contribution in [0.1, 0.15) is 65.0 Å². The van der Waals surface area contributed by atoms with E-state index in [1.807, 2.05) is 18.2 Å². The Morgan fingerprint density at radius 2 is 1.52 bits per heavy atom. The van der Waals surface area contributed by atoms with Crippen molar-refractivity contribution < 1.29 is 18.8 Å². The van der Waals surface area contributed by atoms with E-state index in [0.29, 0.717) is 0 Å². The Morgan fingerprint density at radius 3 is 2.00 bits per heavy atom. The summed E-state index contributed by atoms with van der Waals surface area (Å²) in [4.78, 5) is 0. The van der Waals surface area contributed by atoms with Crippen molar-refractivity contribution >= 4 is 18.2 Å². The van der Waals surface area contributed by atoms with Crippen molar-refractivity contribution in [2.24, 2.45) is 0 Å². The van der Waals surface area contributed by atoms with Crippen LogP contribution in [-0.2, 0) is 9.31 Å². The molecule has 0 aromatic heterocycles. The molecule has 5 heteroatoms. The van der Waals surface area contributed by atoms with Gasteiger partial charge in [0.25, 0.3) is 0 Å². The average molecular weight is 422 g/mol. The Labute approximate surface area is 187 Å². The molecule has 1 fully saturated rings. The lowest BCUT2D eigenvalue weighted by Gasteiger charge is -2.32. The van der Waals surface area contributed by atoms with Gasteiger partial charge in [-0.1, -0.05) is 31.2 Å². The molecule has 1 aliphatic rings. The molecule has 0 spiro atoms. The zero-order valence-corrected chi connectivity index (χ0v) is 20.1. The van der Waals surface area contributed by atoms with Crippen LogP contribution in [0, 0.1) is 0 Å². The topological polar surface area (TPSA) is 36.9 Å². The van der Waals surface area contributed by atoms with Crippen molar-refractivity contribution in [3.63, 3.8) is 0 Å². The molecule has 0 aliphatic carbocycles. The average Bonchev–Trinajstić information content (AvgIpc) is 2.98. The highest BCUT2D eigenvalue weighted by Gasteiger charge is 2.51. The number of hydrogen-bond donors (Lipinski definition) is 0. The van der Waals surface area contributed by atoms with Crippen molar-refractivity contribution in [2.45, 2.75) is 65.1 Å². The first-order chi connectivity index (χ1) is 14.7. The predicted octanol–water partition coefficient (Wildman–Crippen LogP) is 5.60. The number of methoxy groups -OCH3 is 2. The second kappa shape index (κ2) is 9.09. The Kier molecular flexibility index (Phi) is 6.87. The van der Waals surface area contributed by atoms with Gasteiger partial charge in [0.2, 0.25) is 0 Å². The summed E-state index contributed by atoms with van der Waals surface area (Å²) in [5.74, 6) is 1.89. The summed E-state index contributed by atoms with van der Waals surface area (Å²) in [7, 11) is 2.97. The van der Waals surface area contributed by atoms with Crippen LogP contribution < -0.4 is 14.9 Å². The molecule has 4 nitrogen and oxygen atoms in total. The van der Waals surface area contributed by atoms with Gasteiger partial charge >= 0.3 is 7.12 Å². The monoisotopic (exact) mass is 422 g/mol. The van der Waals surface area contributed by atoms with Crippen LogP contribution in [0.4, 0.5) is 0 Å². The Balaban J connectivity index is 2.00. The van der Waals surface area contributed by atoms with Crippen molar-refractivity contribution in [2.75, 3.05) is 14.2 Å². The molecule has 166 valence electrons. The summed E-state index contributed by atoms with van der Waals surface area (Å²) in [6.07, 6.45) is 3.16. The zero-order valence-electron chi connectivity index (χ0n) is 20.1. The lowest BCUT2D eigenvalue weighted by atomic mass is 9.75. The Hall–Kier alpha value is -2.24. The van der Waals surface area contributed by atoms with Gasteiger partial charge in [0.1, 0.15) is 11.5 Å². The fourth-order valence-electron chi connectivity index (χ4n) is 4.07. The molecule has 0 bridgehead atoms. The lowest BCUT2D eigenvalue weighted by Crippen LogP contribution is -2.41. The molecular weight excluding hydrogens is 387 g/mol. The number of allylic oxidation sites excluding steroid dienone is 2. The number of rotatable bonds is 7. The lowest BCUT2D eigenvalue weighted by molar-refractivity contribution is 0.00578. The summed E-state index contributed by atoms with van der Waals surface area (Å²) in [6.45, 7) is 12.6. The molecule has 1 heterocycles. The van der Waals surface area contributed by atoms with Gasteiger partial charge in [-0.15, -0.1) is 0 Å². The van der Waals surface area contributed by atoms with Gasteiger partial charge in [-0.05, 0) is 87.5 Å². The molecule has 1 aliphatic heterocycles. The van der Waals surface area contributed by atoms with Gasteiger partial charge in [-0.25, -0.2) is 0 Å². The highest BCUT2D eigenvalue weighted by atomic mass is 16.7. The normalized spacial score (nSPS) is 18.7. The fraction of sp³-hybridized carbons (Fsp3) is 0.462. The van der Waals surface area contributed by atoms with Crippen LogP contribution in [0.25, 0.3) is 5.57 Å². The molecule has 2 aromatic carbocycles. The first-order valence-corrected chi connectivity index (χ1v) is 11.0. The van der Waals surface area contributed by atoms with E-state index in [1.54, 1.807) is 14.2 Å². The second-order valence-electron chi connectivity index (χ2n) is 9.06. The predicted molar refractivity (Wildman–Crippen MR) is 128 cm³/mol. The minimum atomic E-state index is -0.425. The molecule has 3 rings (SSSR count). The molecule has 1 saturated heterocycles. The largest absolute Gasteiger partial charge is 0.497 e. The van der Waals surface area contributed by atoms with Gasteiger partial charge in [-0.3, -0.25) is 0 Å². The van der Waals surface area contributed by atoms with Crippen LogP contribution in [0.3, 0.4) is 0 Å². The minimum absolute atomic E-state index is 0.217. The van der Waals surface area contributed by atoms with E-state index in [4.69, 9.17) is 18.8 Å². The van der Waals surface area contributed by atoms with E-state index >= 15 is 0 Å². The number of ether oxygens (including phenoxy) is 2. The standard InChI is InChI=1S/C26H35BO4/c1-9-23(18-11-13-21(28-7)14-12-18)24(10-2)19-15-20(17-22(16-19)29-8)27-30-25(3,4)26(5,6)31-27/h9,11-17,24H,10H2,1-8H3/b23-9+. The van der Waals surface area contributed by atoms with Gasteiger partial charge in [0.05, 0.1) is 25.4 Å². The maximum atomic E-state index is 6.31. The summed E-state index contributed by atoms with van der Waals surface area (Å²) in [5.41, 5.74) is 3.87. The molecule has 0 N–H and O–H groups in total. The van der Waals surface area contributed by atoms with Crippen LogP contribution >= 0.6 is 0 Å². The smallest absolute Gasteiger partial charge is 0.494 e. The van der Waals surface area contributed by atoms with Gasteiger partial charge in [0.15, 0.2) is 0 Å². The molecule has 2 aromatic rings. The van der Waals surface area contributed by atoms with E-state index in [9.17, 15) is 0 Å². The van der Waals surface area contributed by atoms with E-state index in [2.05, 4.69) is 71.9 Å². The van der Waals surface area contributed by atoms with E-state index in [-0.39, 0.29) is 17.1 Å². The molecule has 31 heavy (non-hydrogen) atoms. The third-order valence-electron chi connectivity index (χ3n) is 6.63. The summed E-state index contributed by atoms with van der Waals surface area (Å²) in [5, 5.41) is 0. The maximum Gasteiger partial charge on any atom is 0.494 e. The van der Waals surface area contributed by atoms with Crippen LogP contribution in [0.15, 0.2) is 48.5 Å². The molecule has 0 radical (unpaired) electrons. The molecule has 1 unspecified atom stereocenters. The van der Waals surface area contributed by atoms with Crippen LogP contribution in [0.5, 0.6) is 11.5 Å². The van der Waals surface area contributed by atoms with Crippen molar-refractivity contribution in [1.29, 1.82) is 0 Å². The van der Waals surface area contributed by atoms with Crippen molar-refractivity contribution in [3.8, 4) is 11.5 Å². The van der Waals surface area contributed by atoms with E-state index in [0.717, 1.165) is 23.4 Å². The molecule has 1 atom stereocenters. The van der Waals surface area contributed by atoms with Crippen molar-refractivity contribution in [3.05, 3.63) is 59.7 Å². The first kappa shape index (κ1) is 23.4. The Bertz CT molecular complexity index is 915. The quantitative estimate of drug-likeness (QED) is 0.545. The third-order valence-corrected chi connectivity index (χ3v) is 6.63. The molecular formula is C26H35BO4. The fourth-order valence-corrected chi connectivity index (χ4v) is 4.07. The number of hydrogen-bond acceptors (Lipinski definition) is 4. The maximum absolute atomic E-state index is 6.31. The first-order valence-electron chi connectivity index (χ1n) is 11.0. The SMILES string of the molecule is C/C=C(\c1ccc(OC)cc1)C(CC)c1cc(OC)cc(B2OC(C)(C)C(C)(C)O2)c1. The van der Waals surface area contributed by atoms with Crippen LogP contribution in [0.2, 0.25) is 0 Å². The Morgan fingerprint density at radius 1 is 0.935 bits per heavy atom. The summed E-state index contributed by atoms with van der Waals surface area (Å²) in [6, 6.07) is 14.6. The van der Waals surface area contributed by atoms with Gasteiger partial charge < -0.3 is 18.8 Å². The second-order valence-corrected chi connectivity index (χ2v) is 9.06. The van der Waals surface area contributed by atoms with E-state index < -0.39 is 7.12 Å². The zero-order chi connectivity index (χ0) is 22.8. The summed E-state index contributed by atoms with van der Waals surface area (Å²) < 4.78 is 23.6. The highest BCUT2D eigenvalue weighted by Crippen LogP contribution is 2.39. The molecule has 0 saturated carbocycles. The van der Waals surface area contributed by atoms with Gasteiger partial charge in [0, 0.05) is 5.92 Å². The minimum Gasteiger partial charge on any atom is -0.497 e. The highest BCUT2D eigenvalue weighted by molar-refractivity contribution is 6.62. The van der Waals surface area contributed by atoms with Gasteiger partial charge in [-0.2, -0.15) is 0 Å². The molecule has 0 amide bonds. The van der Waals surface area contributed by atoms with Crippen LogP contribution in [-0.4, -0.2) is 32.5 Å². The van der Waals surface area contributed by atoms with E-state index in [1.165, 1.54) is 16.7 Å². The summed E-state index contributed by atoms with van der Waals surface area (Å²) >= 11 is 0. The number of benzene rings is 2.